The number of aliphatic imine (C=N–C) groups is 1. The minimum atomic E-state index is -0.517. The molecule has 166 valence electrons. The Hall–Kier alpha value is -3.15. The third-order valence-corrected chi connectivity index (χ3v) is 3.97. The molecule has 2 aliphatic heterocycles. The van der Waals surface area contributed by atoms with Crippen molar-refractivity contribution in [2.24, 2.45) is 10.7 Å². The number of methoxy groups -OCH3 is 1. The zero-order valence-electron chi connectivity index (χ0n) is 17.2. The van der Waals surface area contributed by atoms with Crippen molar-refractivity contribution in [2.45, 2.75) is 25.2 Å². The molecule has 1 saturated heterocycles. The molecule has 3 atom stereocenters. The maximum Gasteiger partial charge on any atom is 0.451 e. The molecular weight excluding hydrogens is 398 g/mol. The molecule has 0 spiro atoms. The number of nitrogens with zero attached hydrogens (tertiary/aromatic N) is 2. The van der Waals surface area contributed by atoms with Gasteiger partial charge in [-0.3, -0.25) is 4.79 Å². The quantitative estimate of drug-likeness (QED) is 0.262. The highest BCUT2D eigenvalue weighted by Crippen LogP contribution is 2.30. The van der Waals surface area contributed by atoms with Crippen molar-refractivity contribution in [3.63, 3.8) is 0 Å². The molecular formula is C19H28N3O8+. The van der Waals surface area contributed by atoms with Crippen molar-refractivity contribution in [1.29, 1.82) is 0 Å². The van der Waals surface area contributed by atoms with Gasteiger partial charge in [0, 0.05) is 31.8 Å². The predicted molar refractivity (Wildman–Crippen MR) is 107 cm³/mol. The Kier molecular flexibility index (Phi) is 12.5. The molecule has 30 heavy (non-hydrogen) atoms. The summed E-state index contributed by atoms with van der Waals surface area (Å²) in [5.41, 5.74) is 5.49. The average molecular weight is 426 g/mol. The fourth-order valence-corrected chi connectivity index (χ4v) is 2.39. The number of aldehydes is 1. The molecule has 0 aromatic carbocycles. The van der Waals surface area contributed by atoms with Crippen molar-refractivity contribution in [3.8, 4) is 0 Å². The van der Waals surface area contributed by atoms with Gasteiger partial charge >= 0.3 is 18.0 Å². The van der Waals surface area contributed by atoms with Crippen molar-refractivity contribution in [3.05, 3.63) is 37.1 Å². The predicted octanol–water partition coefficient (Wildman–Crippen LogP) is 0.195. The number of esters is 2. The van der Waals surface area contributed by atoms with E-state index in [0.29, 0.717) is 19.1 Å². The van der Waals surface area contributed by atoms with Crippen LogP contribution < -0.4 is 5.73 Å². The number of carbonyl (C=O) groups is 4. The summed E-state index contributed by atoms with van der Waals surface area (Å²) in [6.45, 7) is 3.48. The molecule has 1 fully saturated rings. The molecule has 3 unspecified atom stereocenters. The summed E-state index contributed by atoms with van der Waals surface area (Å²) in [5, 5.41) is 7.00. The van der Waals surface area contributed by atoms with E-state index in [0.717, 1.165) is 25.3 Å². The maximum absolute atomic E-state index is 12.0. The van der Waals surface area contributed by atoms with Crippen LogP contribution in [0.25, 0.3) is 0 Å². The van der Waals surface area contributed by atoms with E-state index in [2.05, 4.69) is 16.3 Å². The molecule has 0 bridgehead atoms. The van der Waals surface area contributed by atoms with Crippen LogP contribution in [-0.4, -0.2) is 79.9 Å². The smallest absolute Gasteiger partial charge is 0.451 e. The van der Waals surface area contributed by atoms with E-state index in [-0.39, 0.29) is 35.3 Å². The first-order chi connectivity index (χ1) is 14.3. The second-order valence-electron chi connectivity index (χ2n) is 5.92. The number of carbonyl (C=O) groups excluding carboxylic acids is 4. The van der Waals surface area contributed by atoms with Crippen LogP contribution in [0.4, 0.5) is 4.79 Å². The van der Waals surface area contributed by atoms with E-state index in [4.69, 9.17) is 20.3 Å². The Morgan fingerprint density at radius 3 is 2.60 bits per heavy atom. The Bertz CT molecular complexity index is 717. The van der Waals surface area contributed by atoms with Crippen LogP contribution in [0.3, 0.4) is 0 Å². The van der Waals surface area contributed by atoms with Gasteiger partial charge in [-0.1, -0.05) is 6.58 Å². The van der Waals surface area contributed by atoms with Crippen molar-refractivity contribution in [1.82, 2.24) is 0 Å². The number of quaternary nitrogens is 1. The number of allylic oxidation sites excluding steroid dienone is 1. The molecule has 0 aromatic rings. The molecule has 11 heteroatoms. The van der Waals surface area contributed by atoms with E-state index in [1.165, 1.54) is 7.11 Å². The molecule has 2 rings (SSSR count). The lowest BCUT2D eigenvalue weighted by Crippen LogP contribution is -2.53. The van der Waals surface area contributed by atoms with E-state index in [1.807, 2.05) is 0 Å². The largest absolute Gasteiger partial charge is 0.466 e. The fraction of sp³-hybridized carbons (Fsp3) is 0.421. The lowest BCUT2D eigenvalue weighted by molar-refractivity contribution is -0.830. The zero-order valence-corrected chi connectivity index (χ0v) is 17.2. The van der Waals surface area contributed by atoms with E-state index >= 15 is 0 Å². The lowest BCUT2D eigenvalue weighted by Gasteiger charge is -2.32. The Balaban J connectivity index is 0.000000712. The number of ether oxygens (including phenoxy) is 3. The maximum atomic E-state index is 12.0. The van der Waals surface area contributed by atoms with Crippen LogP contribution in [0.2, 0.25) is 0 Å². The highest BCUT2D eigenvalue weighted by atomic mass is 16.6. The van der Waals surface area contributed by atoms with Gasteiger partial charge in [0.15, 0.2) is 0 Å². The van der Waals surface area contributed by atoms with Gasteiger partial charge in [-0.25, -0.2) is 14.4 Å². The first kappa shape index (κ1) is 26.9. The molecule has 2 aliphatic rings. The second-order valence-corrected chi connectivity index (χ2v) is 5.92. The summed E-state index contributed by atoms with van der Waals surface area (Å²) < 4.78 is 14.8. The summed E-state index contributed by atoms with van der Waals surface area (Å²) in [6.07, 6.45) is 7.83. The van der Waals surface area contributed by atoms with Crippen molar-refractivity contribution in [2.75, 3.05) is 27.9 Å². The third kappa shape index (κ3) is 8.47. The molecule has 11 nitrogen and oxygen atoms in total. The number of hydrogen-bond donors (Lipinski definition) is 2. The summed E-state index contributed by atoms with van der Waals surface area (Å²) in [7, 11) is 3.97. The summed E-state index contributed by atoms with van der Waals surface area (Å²) in [6, 6.07) is -0.362. The van der Waals surface area contributed by atoms with E-state index < -0.39 is 11.9 Å². The van der Waals surface area contributed by atoms with Crippen LogP contribution in [0.5, 0.6) is 0 Å². The summed E-state index contributed by atoms with van der Waals surface area (Å²) in [4.78, 5) is 46.4. The Morgan fingerprint density at radius 1 is 1.40 bits per heavy atom. The molecule has 0 aliphatic carbocycles. The van der Waals surface area contributed by atoms with Gasteiger partial charge in [-0.2, -0.15) is 4.48 Å². The van der Waals surface area contributed by atoms with Gasteiger partial charge in [-0.15, -0.1) is 4.99 Å². The van der Waals surface area contributed by atoms with E-state index in [1.54, 1.807) is 19.3 Å². The number of aliphatic hydroxyl groups excluding tert-OH is 1. The minimum absolute atomic E-state index is 0.0768. The molecule has 0 saturated carbocycles. The summed E-state index contributed by atoms with van der Waals surface area (Å²) >= 11 is 0. The van der Waals surface area contributed by atoms with Gasteiger partial charge in [-0.05, 0) is 12.5 Å². The number of hydrogen-bond acceptors (Lipinski definition) is 9. The van der Waals surface area contributed by atoms with Crippen LogP contribution in [0, 0.1) is 0 Å². The van der Waals surface area contributed by atoms with Crippen LogP contribution in [-0.2, 0) is 28.6 Å². The zero-order chi connectivity index (χ0) is 23.2. The third-order valence-electron chi connectivity index (χ3n) is 3.97. The first-order valence-electron chi connectivity index (χ1n) is 8.79. The van der Waals surface area contributed by atoms with Gasteiger partial charge in [0.25, 0.3) is 0 Å². The fourth-order valence-electron chi connectivity index (χ4n) is 2.39. The number of amides is 2. The Labute approximate surface area is 174 Å². The lowest BCUT2D eigenvalue weighted by atomic mass is 10.2. The number of amidine groups is 1. The molecule has 0 aromatic heterocycles. The standard InChI is InChI=1S/C13H17N3O4.C5H6O3.CH4O/c1-3-12(17)19-8-9-4-5-11(20-9)16(2)7-6-10(14)15-13(16)18;1-8-5(7)3-2-4-6;1-2/h3,6-7,9,11H,1,4-5,8H2,2H3,(H-,14,15,18);2-4H,1H3;2H,1H3/p+1/b;3-2-;. The molecule has 2 amide bonds. The van der Waals surface area contributed by atoms with Gasteiger partial charge in [0.2, 0.25) is 6.23 Å². The number of aliphatic hydroxyl groups is 1. The molecule has 2 heterocycles. The van der Waals surface area contributed by atoms with Crippen LogP contribution in [0.15, 0.2) is 42.1 Å². The number of nitrogens with two attached hydrogens (primary N) is 1. The van der Waals surface area contributed by atoms with Crippen LogP contribution >= 0.6 is 0 Å². The monoisotopic (exact) mass is 426 g/mol. The second kappa shape index (κ2) is 13.9. The van der Waals surface area contributed by atoms with Crippen molar-refractivity contribution < 1.29 is 43.0 Å². The first-order valence-corrected chi connectivity index (χ1v) is 8.79. The highest BCUT2D eigenvalue weighted by molar-refractivity contribution is 5.99. The molecule has 3 N–H and O–H groups in total. The SMILES string of the molecule is C=CC(=O)OCC1CCC([N+]2(C)C=CC(N)=NC2=O)O1.CO.COC(=O)/C=C\C=O. The van der Waals surface area contributed by atoms with Gasteiger partial charge in [0.1, 0.15) is 24.9 Å². The molecule has 0 radical (unpaired) electrons. The van der Waals surface area contributed by atoms with Crippen LogP contribution in [0.1, 0.15) is 12.8 Å². The van der Waals surface area contributed by atoms with Gasteiger partial charge in [0.05, 0.1) is 20.3 Å². The minimum Gasteiger partial charge on any atom is -0.466 e. The van der Waals surface area contributed by atoms with Gasteiger partial charge < -0.3 is 25.1 Å². The number of urea groups is 1. The highest BCUT2D eigenvalue weighted by Gasteiger charge is 2.46. The average Bonchev–Trinajstić information content (AvgIpc) is 3.24. The summed E-state index contributed by atoms with van der Waals surface area (Å²) in [5.74, 6) is -0.805. The number of rotatable bonds is 6. The normalized spacial score (nSPS) is 24.5. The topological polar surface area (TPSA) is 155 Å². The van der Waals surface area contributed by atoms with Crippen molar-refractivity contribution >= 4 is 30.1 Å². The van der Waals surface area contributed by atoms with E-state index in [9.17, 15) is 19.2 Å². The Morgan fingerprint density at radius 2 is 2.07 bits per heavy atom.